The number of rotatable bonds is 0. The Bertz CT molecular complexity index is 378. The monoisotopic (exact) mass is 205 g/mol. The summed E-state index contributed by atoms with van der Waals surface area (Å²) in [6.07, 6.45) is 7.24. The third-order valence-electron chi connectivity index (χ3n) is 3.34. The SMILES string of the molecule is CN1CCC2CC=Cc3scc(c32)C1. The Labute approximate surface area is 89.0 Å². The molecule has 0 radical (unpaired) electrons. The van der Waals surface area contributed by atoms with Gasteiger partial charge in [-0.2, -0.15) is 0 Å². The maximum atomic E-state index is 2.45. The van der Waals surface area contributed by atoms with Gasteiger partial charge in [0.25, 0.3) is 0 Å². The minimum absolute atomic E-state index is 0.807. The molecule has 0 spiro atoms. The molecular formula is C12H15NS. The zero-order valence-corrected chi connectivity index (χ0v) is 9.31. The lowest BCUT2D eigenvalue weighted by atomic mass is 9.87. The Morgan fingerprint density at radius 2 is 2.43 bits per heavy atom. The first-order valence-electron chi connectivity index (χ1n) is 5.30. The van der Waals surface area contributed by atoms with Crippen LogP contribution in [-0.2, 0) is 6.54 Å². The molecule has 0 aromatic carbocycles. The lowest BCUT2D eigenvalue weighted by Crippen LogP contribution is -2.17. The summed E-state index contributed by atoms with van der Waals surface area (Å²) in [7, 11) is 2.23. The zero-order valence-electron chi connectivity index (χ0n) is 8.49. The molecule has 1 aromatic heterocycles. The van der Waals surface area contributed by atoms with Crippen LogP contribution >= 0.6 is 11.3 Å². The summed E-state index contributed by atoms with van der Waals surface area (Å²) in [6, 6.07) is 0. The number of allylic oxidation sites excluding steroid dienone is 1. The molecule has 2 aliphatic rings. The van der Waals surface area contributed by atoms with Crippen molar-refractivity contribution in [2.75, 3.05) is 13.6 Å². The van der Waals surface area contributed by atoms with Gasteiger partial charge >= 0.3 is 0 Å². The van der Waals surface area contributed by atoms with E-state index < -0.39 is 0 Å². The fourth-order valence-electron chi connectivity index (χ4n) is 2.60. The summed E-state index contributed by atoms with van der Waals surface area (Å²) in [6.45, 7) is 2.40. The Hall–Kier alpha value is -0.600. The summed E-state index contributed by atoms with van der Waals surface area (Å²) in [5.41, 5.74) is 3.25. The largest absolute Gasteiger partial charge is 0.302 e. The van der Waals surface area contributed by atoms with Crippen LogP contribution in [0, 0.1) is 0 Å². The second-order valence-electron chi connectivity index (χ2n) is 4.40. The van der Waals surface area contributed by atoms with Gasteiger partial charge in [-0.1, -0.05) is 6.08 Å². The van der Waals surface area contributed by atoms with Gasteiger partial charge in [0.1, 0.15) is 0 Å². The molecular weight excluding hydrogens is 190 g/mol. The standard InChI is InChI=1S/C12H15NS/c1-13-6-5-9-3-2-4-11-12(9)10(7-13)8-14-11/h2,4,8-9H,3,5-7H2,1H3. The fourth-order valence-corrected chi connectivity index (χ4v) is 3.67. The fraction of sp³-hybridized carbons (Fsp3) is 0.500. The van der Waals surface area contributed by atoms with Gasteiger partial charge in [-0.25, -0.2) is 0 Å². The molecule has 1 aliphatic heterocycles. The van der Waals surface area contributed by atoms with Crippen molar-refractivity contribution in [1.82, 2.24) is 4.90 Å². The van der Waals surface area contributed by atoms with Crippen molar-refractivity contribution >= 4 is 17.4 Å². The Kier molecular flexibility index (Phi) is 1.99. The molecule has 0 saturated heterocycles. The van der Waals surface area contributed by atoms with Crippen molar-refractivity contribution in [3.63, 3.8) is 0 Å². The first kappa shape index (κ1) is 8.69. The summed E-state index contributed by atoms with van der Waals surface area (Å²) < 4.78 is 0. The van der Waals surface area contributed by atoms with Crippen molar-refractivity contribution in [3.05, 3.63) is 27.5 Å². The highest BCUT2D eigenvalue weighted by Gasteiger charge is 2.25. The molecule has 1 nitrogen and oxygen atoms in total. The topological polar surface area (TPSA) is 3.24 Å². The molecule has 2 heterocycles. The van der Waals surface area contributed by atoms with Crippen LogP contribution in [0.15, 0.2) is 11.5 Å². The number of hydrogen-bond donors (Lipinski definition) is 0. The number of hydrogen-bond acceptors (Lipinski definition) is 2. The smallest absolute Gasteiger partial charge is 0.0305 e. The molecule has 1 unspecified atom stereocenters. The summed E-state index contributed by atoms with van der Waals surface area (Å²) in [5, 5.41) is 2.36. The Morgan fingerprint density at radius 1 is 1.50 bits per heavy atom. The highest BCUT2D eigenvalue weighted by atomic mass is 32.1. The first-order valence-corrected chi connectivity index (χ1v) is 6.18. The normalized spacial score (nSPS) is 25.9. The second kappa shape index (κ2) is 3.21. The van der Waals surface area contributed by atoms with Gasteiger partial charge < -0.3 is 4.90 Å². The molecule has 74 valence electrons. The highest BCUT2D eigenvalue weighted by Crippen LogP contribution is 2.40. The van der Waals surface area contributed by atoms with Crippen LogP contribution in [0.1, 0.15) is 34.8 Å². The molecule has 0 bridgehead atoms. The molecule has 0 N–H and O–H groups in total. The van der Waals surface area contributed by atoms with E-state index in [-0.39, 0.29) is 0 Å². The maximum absolute atomic E-state index is 2.45. The lowest BCUT2D eigenvalue weighted by molar-refractivity contribution is 0.325. The summed E-state index contributed by atoms with van der Waals surface area (Å²) in [4.78, 5) is 3.97. The van der Waals surface area contributed by atoms with Crippen LogP contribution < -0.4 is 0 Å². The van der Waals surface area contributed by atoms with Gasteiger partial charge in [0.15, 0.2) is 0 Å². The first-order chi connectivity index (χ1) is 6.84. The van der Waals surface area contributed by atoms with Crippen LogP contribution in [-0.4, -0.2) is 18.5 Å². The van der Waals surface area contributed by atoms with Gasteiger partial charge in [-0.3, -0.25) is 0 Å². The van der Waals surface area contributed by atoms with Gasteiger partial charge in [-0.15, -0.1) is 11.3 Å². The van der Waals surface area contributed by atoms with Crippen LogP contribution in [0.25, 0.3) is 6.08 Å². The molecule has 14 heavy (non-hydrogen) atoms. The summed E-state index contributed by atoms with van der Waals surface area (Å²) in [5.74, 6) is 0.807. The van der Waals surface area contributed by atoms with E-state index in [9.17, 15) is 0 Å². The van der Waals surface area contributed by atoms with E-state index in [0.29, 0.717) is 0 Å². The van der Waals surface area contributed by atoms with Gasteiger partial charge in [-0.05, 0) is 54.9 Å². The van der Waals surface area contributed by atoms with E-state index in [1.54, 1.807) is 11.1 Å². The Morgan fingerprint density at radius 3 is 3.36 bits per heavy atom. The van der Waals surface area contributed by atoms with Gasteiger partial charge in [0, 0.05) is 11.4 Å². The van der Waals surface area contributed by atoms with Crippen molar-refractivity contribution in [1.29, 1.82) is 0 Å². The van der Waals surface area contributed by atoms with Crippen LogP contribution in [0.2, 0.25) is 0 Å². The second-order valence-corrected chi connectivity index (χ2v) is 5.31. The minimum Gasteiger partial charge on any atom is -0.302 e. The minimum atomic E-state index is 0.807. The van der Waals surface area contributed by atoms with Crippen molar-refractivity contribution in [2.24, 2.45) is 0 Å². The molecule has 1 atom stereocenters. The lowest BCUT2D eigenvalue weighted by Gasteiger charge is -2.17. The molecule has 2 heteroatoms. The number of nitrogens with zero attached hydrogens (tertiary/aromatic N) is 1. The molecule has 0 fully saturated rings. The van der Waals surface area contributed by atoms with Crippen molar-refractivity contribution < 1.29 is 0 Å². The molecule has 1 aliphatic carbocycles. The molecule has 3 rings (SSSR count). The van der Waals surface area contributed by atoms with E-state index in [2.05, 4.69) is 29.5 Å². The van der Waals surface area contributed by atoms with Gasteiger partial charge in [0.05, 0.1) is 0 Å². The van der Waals surface area contributed by atoms with Crippen molar-refractivity contribution in [3.8, 4) is 0 Å². The molecule has 0 amide bonds. The highest BCUT2D eigenvalue weighted by molar-refractivity contribution is 7.11. The third-order valence-corrected chi connectivity index (χ3v) is 4.35. The average molecular weight is 205 g/mol. The van der Waals surface area contributed by atoms with E-state index in [1.165, 1.54) is 24.3 Å². The zero-order chi connectivity index (χ0) is 9.54. The predicted octanol–water partition coefficient (Wildman–Crippen LogP) is 3.08. The molecule has 0 saturated carbocycles. The summed E-state index contributed by atoms with van der Waals surface area (Å²) >= 11 is 1.92. The Balaban J connectivity index is 2.11. The quantitative estimate of drug-likeness (QED) is 0.629. The molecule has 1 aromatic rings. The van der Waals surface area contributed by atoms with E-state index in [1.807, 2.05) is 11.3 Å². The van der Waals surface area contributed by atoms with E-state index in [0.717, 1.165) is 12.5 Å². The van der Waals surface area contributed by atoms with Crippen molar-refractivity contribution in [2.45, 2.75) is 25.3 Å². The van der Waals surface area contributed by atoms with Crippen LogP contribution in [0.5, 0.6) is 0 Å². The van der Waals surface area contributed by atoms with E-state index >= 15 is 0 Å². The van der Waals surface area contributed by atoms with Gasteiger partial charge in [0.2, 0.25) is 0 Å². The predicted molar refractivity (Wildman–Crippen MR) is 61.7 cm³/mol. The third kappa shape index (κ3) is 1.25. The maximum Gasteiger partial charge on any atom is 0.0305 e. The average Bonchev–Trinajstić information content (AvgIpc) is 2.51. The van der Waals surface area contributed by atoms with E-state index in [4.69, 9.17) is 0 Å². The number of thiophene rings is 1. The van der Waals surface area contributed by atoms with Crippen LogP contribution in [0.4, 0.5) is 0 Å². The van der Waals surface area contributed by atoms with Crippen LogP contribution in [0.3, 0.4) is 0 Å².